The second kappa shape index (κ2) is 6.47. The second-order valence-corrected chi connectivity index (χ2v) is 5.11. The summed E-state index contributed by atoms with van der Waals surface area (Å²) in [5.41, 5.74) is 2.05. The van der Waals surface area contributed by atoms with Gasteiger partial charge in [-0.15, -0.1) is 0 Å². The molecular formula is C15H17N3O5. The number of carbonyl (C=O) groups excluding carboxylic acids is 1. The molecule has 122 valence electrons. The van der Waals surface area contributed by atoms with Gasteiger partial charge in [0.25, 0.3) is 5.69 Å². The summed E-state index contributed by atoms with van der Waals surface area (Å²) in [6, 6.07) is 4.12. The first-order chi connectivity index (χ1) is 10.8. The van der Waals surface area contributed by atoms with Crippen LogP contribution >= 0.6 is 0 Å². The predicted molar refractivity (Wildman–Crippen MR) is 82.5 cm³/mol. The lowest BCUT2D eigenvalue weighted by atomic mass is 10.1. The molecule has 0 fully saturated rings. The summed E-state index contributed by atoms with van der Waals surface area (Å²) in [5.74, 6) is 0.105. The molecule has 2 rings (SSSR count). The number of rotatable bonds is 5. The van der Waals surface area contributed by atoms with Crippen LogP contribution in [0, 0.1) is 24.0 Å². The third kappa shape index (κ3) is 3.31. The minimum Gasteiger partial charge on any atom is -0.465 e. The molecule has 0 unspecified atom stereocenters. The van der Waals surface area contributed by atoms with Crippen LogP contribution < -0.4 is 4.90 Å². The van der Waals surface area contributed by atoms with Crippen LogP contribution in [0.5, 0.6) is 0 Å². The van der Waals surface area contributed by atoms with Crippen molar-refractivity contribution in [3.05, 3.63) is 50.9 Å². The summed E-state index contributed by atoms with van der Waals surface area (Å²) in [5, 5.41) is 15.1. The summed E-state index contributed by atoms with van der Waals surface area (Å²) in [4.78, 5) is 24.1. The second-order valence-electron chi connectivity index (χ2n) is 5.11. The molecule has 0 atom stereocenters. The fourth-order valence-electron chi connectivity index (χ4n) is 2.28. The van der Waals surface area contributed by atoms with E-state index < -0.39 is 10.9 Å². The quantitative estimate of drug-likeness (QED) is 0.474. The number of benzene rings is 1. The minimum atomic E-state index is -0.549. The van der Waals surface area contributed by atoms with Crippen molar-refractivity contribution in [2.45, 2.75) is 20.4 Å². The van der Waals surface area contributed by atoms with Gasteiger partial charge in [0.2, 0.25) is 0 Å². The topological polar surface area (TPSA) is 98.7 Å². The first kappa shape index (κ1) is 16.5. The van der Waals surface area contributed by atoms with Gasteiger partial charge in [-0.05, 0) is 26.0 Å². The Bertz CT molecular complexity index is 734. The standard InChI is InChI=1S/C15H17N3O5/c1-9-12(10(2)23-16-9)8-17(3)14-7-11(15(19)22-4)5-6-13(14)18(20)21/h5-7H,8H2,1-4H3. The fraction of sp³-hybridized carbons (Fsp3) is 0.333. The lowest BCUT2D eigenvalue weighted by molar-refractivity contribution is -0.384. The molecule has 0 spiro atoms. The monoisotopic (exact) mass is 319 g/mol. The SMILES string of the molecule is COC(=O)c1ccc([N+](=O)[O-])c(N(C)Cc2c(C)noc2C)c1. The fourth-order valence-corrected chi connectivity index (χ4v) is 2.28. The zero-order chi connectivity index (χ0) is 17.1. The van der Waals surface area contributed by atoms with Crippen LogP contribution in [-0.2, 0) is 11.3 Å². The summed E-state index contributed by atoms with van der Waals surface area (Å²) < 4.78 is 9.77. The van der Waals surface area contributed by atoms with Gasteiger partial charge in [-0.1, -0.05) is 5.16 Å². The van der Waals surface area contributed by atoms with Crippen LogP contribution in [0.4, 0.5) is 11.4 Å². The van der Waals surface area contributed by atoms with Crippen LogP contribution in [0.1, 0.15) is 27.4 Å². The molecule has 2 aromatic rings. The van der Waals surface area contributed by atoms with Gasteiger partial charge >= 0.3 is 5.97 Å². The minimum absolute atomic E-state index is 0.0908. The largest absolute Gasteiger partial charge is 0.465 e. The van der Waals surface area contributed by atoms with Crippen molar-refractivity contribution in [1.29, 1.82) is 0 Å². The number of carbonyl (C=O) groups is 1. The molecule has 0 bridgehead atoms. The van der Waals surface area contributed by atoms with Crippen molar-refractivity contribution < 1.29 is 19.0 Å². The number of anilines is 1. The Balaban J connectivity index is 2.42. The average molecular weight is 319 g/mol. The molecule has 1 aromatic carbocycles. The maximum atomic E-state index is 11.7. The number of aromatic nitrogens is 1. The van der Waals surface area contributed by atoms with Gasteiger partial charge in [0.15, 0.2) is 0 Å². The Morgan fingerprint density at radius 3 is 2.65 bits per heavy atom. The highest BCUT2D eigenvalue weighted by Gasteiger charge is 2.22. The smallest absolute Gasteiger partial charge is 0.337 e. The van der Waals surface area contributed by atoms with Crippen LogP contribution in [0.2, 0.25) is 0 Å². The first-order valence-electron chi connectivity index (χ1n) is 6.84. The van der Waals surface area contributed by atoms with Gasteiger partial charge in [-0.2, -0.15) is 0 Å². The first-order valence-corrected chi connectivity index (χ1v) is 6.84. The molecule has 0 N–H and O–H groups in total. The van der Waals surface area contributed by atoms with Gasteiger partial charge in [0.05, 0.1) is 23.3 Å². The van der Waals surface area contributed by atoms with E-state index in [1.54, 1.807) is 25.8 Å². The number of ether oxygens (including phenoxy) is 1. The van der Waals surface area contributed by atoms with Gasteiger partial charge < -0.3 is 14.2 Å². The van der Waals surface area contributed by atoms with Crippen molar-refractivity contribution in [3.63, 3.8) is 0 Å². The highest BCUT2D eigenvalue weighted by molar-refractivity contribution is 5.91. The lowest BCUT2D eigenvalue weighted by Crippen LogP contribution is -2.19. The van der Waals surface area contributed by atoms with E-state index in [0.29, 0.717) is 18.0 Å². The van der Waals surface area contributed by atoms with E-state index in [2.05, 4.69) is 9.89 Å². The van der Waals surface area contributed by atoms with E-state index in [4.69, 9.17) is 4.52 Å². The zero-order valence-electron chi connectivity index (χ0n) is 13.3. The summed E-state index contributed by atoms with van der Waals surface area (Å²) in [6.07, 6.45) is 0. The van der Waals surface area contributed by atoms with E-state index in [-0.39, 0.29) is 11.3 Å². The predicted octanol–water partition coefficient (Wildman–Crippen LogP) is 2.62. The van der Waals surface area contributed by atoms with Crippen molar-refractivity contribution in [2.24, 2.45) is 0 Å². The molecule has 0 amide bonds. The third-order valence-electron chi connectivity index (χ3n) is 3.58. The van der Waals surface area contributed by atoms with Gasteiger partial charge in [-0.3, -0.25) is 10.1 Å². The Hall–Kier alpha value is -2.90. The normalized spacial score (nSPS) is 10.4. The molecule has 0 aliphatic heterocycles. The van der Waals surface area contributed by atoms with E-state index >= 15 is 0 Å². The number of hydrogen-bond donors (Lipinski definition) is 0. The van der Waals surface area contributed by atoms with E-state index in [1.165, 1.54) is 25.3 Å². The van der Waals surface area contributed by atoms with Gasteiger partial charge in [-0.25, -0.2) is 4.79 Å². The number of nitro benzene ring substituents is 1. The van der Waals surface area contributed by atoms with Crippen molar-refractivity contribution in [2.75, 3.05) is 19.1 Å². The molecular weight excluding hydrogens is 302 g/mol. The Labute approximate surface area is 132 Å². The average Bonchev–Trinajstić information content (AvgIpc) is 2.85. The van der Waals surface area contributed by atoms with E-state index in [9.17, 15) is 14.9 Å². The number of esters is 1. The molecule has 8 nitrogen and oxygen atoms in total. The molecule has 0 aliphatic rings. The van der Waals surface area contributed by atoms with Gasteiger partial charge in [0, 0.05) is 25.2 Å². The summed E-state index contributed by atoms with van der Waals surface area (Å²) in [7, 11) is 2.96. The molecule has 0 aliphatic carbocycles. The summed E-state index contributed by atoms with van der Waals surface area (Å²) >= 11 is 0. The third-order valence-corrected chi connectivity index (χ3v) is 3.58. The molecule has 23 heavy (non-hydrogen) atoms. The molecule has 1 aromatic heterocycles. The van der Waals surface area contributed by atoms with Crippen molar-refractivity contribution in [3.8, 4) is 0 Å². The van der Waals surface area contributed by atoms with Crippen molar-refractivity contribution in [1.82, 2.24) is 5.16 Å². The Kier molecular flexibility index (Phi) is 4.63. The van der Waals surface area contributed by atoms with Crippen LogP contribution in [0.25, 0.3) is 0 Å². The number of aryl methyl sites for hydroxylation is 2. The molecule has 1 heterocycles. The maximum absolute atomic E-state index is 11.7. The van der Waals surface area contributed by atoms with Crippen LogP contribution in [-0.4, -0.2) is 30.2 Å². The highest BCUT2D eigenvalue weighted by atomic mass is 16.6. The lowest BCUT2D eigenvalue weighted by Gasteiger charge is -2.19. The Morgan fingerprint density at radius 1 is 1.43 bits per heavy atom. The number of nitro groups is 1. The molecule has 8 heteroatoms. The van der Waals surface area contributed by atoms with Crippen molar-refractivity contribution >= 4 is 17.3 Å². The van der Waals surface area contributed by atoms with E-state index in [0.717, 1.165) is 11.3 Å². The molecule has 0 radical (unpaired) electrons. The van der Waals surface area contributed by atoms with E-state index in [1.807, 2.05) is 0 Å². The highest BCUT2D eigenvalue weighted by Crippen LogP contribution is 2.30. The van der Waals surface area contributed by atoms with Crippen LogP contribution in [0.3, 0.4) is 0 Å². The zero-order valence-corrected chi connectivity index (χ0v) is 13.3. The number of methoxy groups -OCH3 is 1. The number of nitrogens with zero attached hydrogens (tertiary/aromatic N) is 3. The molecule has 0 saturated carbocycles. The maximum Gasteiger partial charge on any atom is 0.337 e. The summed E-state index contributed by atoms with van der Waals surface area (Å²) in [6.45, 7) is 3.95. The van der Waals surface area contributed by atoms with Crippen LogP contribution in [0.15, 0.2) is 22.7 Å². The molecule has 0 saturated heterocycles. The Morgan fingerprint density at radius 2 is 2.13 bits per heavy atom. The van der Waals surface area contributed by atoms with Gasteiger partial charge in [0.1, 0.15) is 11.4 Å². The number of hydrogen-bond acceptors (Lipinski definition) is 7.